The molecule has 0 unspecified atom stereocenters. The molecule has 0 spiro atoms. The van der Waals surface area contributed by atoms with Crippen molar-refractivity contribution in [1.82, 2.24) is 4.98 Å². The first kappa shape index (κ1) is 19.1. The smallest absolute Gasteiger partial charge is 0.193 e. The minimum Gasteiger partial charge on any atom is -0.495 e. The molecule has 0 saturated carbocycles. The Balaban J connectivity index is 0.00000225. The van der Waals surface area contributed by atoms with Gasteiger partial charge in [-0.15, -0.1) is 24.0 Å². The van der Waals surface area contributed by atoms with Crippen LogP contribution in [-0.4, -0.2) is 31.3 Å². The molecule has 0 amide bonds. The van der Waals surface area contributed by atoms with E-state index in [-0.39, 0.29) is 24.0 Å². The molecule has 25 heavy (non-hydrogen) atoms. The Morgan fingerprint density at radius 2 is 2.04 bits per heavy atom. The SMILES string of the molecule is COc1ccc(CN=C(N)Nc2ccc3c(c2)OCCCO3)nc1.I. The molecule has 1 aromatic carbocycles. The summed E-state index contributed by atoms with van der Waals surface area (Å²) in [5.74, 6) is 2.47. The number of halogens is 1. The van der Waals surface area contributed by atoms with Crippen LogP contribution in [0.1, 0.15) is 12.1 Å². The van der Waals surface area contributed by atoms with E-state index in [1.54, 1.807) is 13.3 Å². The topological polar surface area (TPSA) is 91.0 Å². The number of nitrogens with one attached hydrogen (secondary N) is 1. The van der Waals surface area contributed by atoms with E-state index in [2.05, 4.69) is 15.3 Å². The van der Waals surface area contributed by atoms with Crippen molar-refractivity contribution in [2.75, 3.05) is 25.6 Å². The Kier molecular flexibility index (Phi) is 7.11. The summed E-state index contributed by atoms with van der Waals surface area (Å²) in [6.45, 7) is 1.69. The lowest BCUT2D eigenvalue weighted by Crippen LogP contribution is -2.22. The zero-order chi connectivity index (χ0) is 16.8. The molecule has 0 aliphatic carbocycles. The molecule has 0 atom stereocenters. The first-order valence-corrected chi connectivity index (χ1v) is 7.70. The van der Waals surface area contributed by atoms with Crippen LogP contribution in [0.5, 0.6) is 17.2 Å². The van der Waals surface area contributed by atoms with Gasteiger partial charge in [-0.25, -0.2) is 4.99 Å². The van der Waals surface area contributed by atoms with Crippen LogP contribution in [0.3, 0.4) is 0 Å². The molecule has 8 heteroatoms. The molecule has 1 aliphatic rings. The van der Waals surface area contributed by atoms with Gasteiger partial charge < -0.3 is 25.3 Å². The van der Waals surface area contributed by atoms with Crippen LogP contribution in [0, 0.1) is 0 Å². The van der Waals surface area contributed by atoms with E-state index >= 15 is 0 Å². The molecule has 3 rings (SSSR count). The predicted octanol–water partition coefficient (Wildman–Crippen LogP) is 2.80. The Morgan fingerprint density at radius 3 is 2.76 bits per heavy atom. The van der Waals surface area contributed by atoms with E-state index in [0.29, 0.717) is 37.2 Å². The quantitative estimate of drug-likeness (QED) is 0.418. The molecule has 1 aliphatic heterocycles. The standard InChI is InChI=1S/C17H20N4O3.HI/c1-22-14-5-3-13(19-11-14)10-20-17(18)21-12-4-6-15-16(9-12)24-8-2-7-23-15;/h3-6,9,11H,2,7-8,10H2,1H3,(H3,18,20,21);1H. The van der Waals surface area contributed by atoms with Crippen molar-refractivity contribution in [3.63, 3.8) is 0 Å². The summed E-state index contributed by atoms with van der Waals surface area (Å²) in [6.07, 6.45) is 2.52. The third kappa shape index (κ3) is 5.38. The zero-order valence-corrected chi connectivity index (χ0v) is 16.2. The molecule has 0 saturated heterocycles. The van der Waals surface area contributed by atoms with Gasteiger partial charge in [-0.1, -0.05) is 0 Å². The molecule has 0 fully saturated rings. The number of anilines is 1. The average Bonchev–Trinajstić information content (AvgIpc) is 2.85. The number of rotatable bonds is 4. The van der Waals surface area contributed by atoms with Gasteiger partial charge in [0.05, 0.1) is 38.8 Å². The van der Waals surface area contributed by atoms with E-state index in [1.165, 1.54) is 0 Å². The Labute approximate surface area is 163 Å². The third-order valence-corrected chi connectivity index (χ3v) is 3.46. The number of nitrogens with zero attached hydrogens (tertiary/aromatic N) is 2. The fourth-order valence-electron chi connectivity index (χ4n) is 2.22. The lowest BCUT2D eigenvalue weighted by atomic mass is 10.3. The molecule has 0 radical (unpaired) electrons. The zero-order valence-electron chi connectivity index (χ0n) is 13.9. The average molecular weight is 456 g/mol. The number of benzene rings is 1. The summed E-state index contributed by atoms with van der Waals surface area (Å²) in [7, 11) is 1.60. The van der Waals surface area contributed by atoms with Crippen molar-refractivity contribution < 1.29 is 14.2 Å². The van der Waals surface area contributed by atoms with Crippen LogP contribution in [0.25, 0.3) is 0 Å². The van der Waals surface area contributed by atoms with Gasteiger partial charge in [-0.3, -0.25) is 4.98 Å². The molecule has 7 nitrogen and oxygen atoms in total. The summed E-state index contributed by atoms with van der Waals surface area (Å²) >= 11 is 0. The molecular formula is C17H21IN4O3. The minimum atomic E-state index is 0. The number of aliphatic imine (C=N–C) groups is 1. The number of nitrogens with two attached hydrogens (primary N) is 1. The number of methoxy groups -OCH3 is 1. The van der Waals surface area contributed by atoms with Crippen molar-refractivity contribution in [3.8, 4) is 17.2 Å². The van der Waals surface area contributed by atoms with E-state index < -0.39 is 0 Å². The molecule has 134 valence electrons. The number of hydrogen-bond donors (Lipinski definition) is 2. The van der Waals surface area contributed by atoms with Gasteiger partial charge in [0, 0.05) is 18.2 Å². The van der Waals surface area contributed by atoms with Gasteiger partial charge in [0.2, 0.25) is 0 Å². The van der Waals surface area contributed by atoms with Gasteiger partial charge >= 0.3 is 0 Å². The van der Waals surface area contributed by atoms with Crippen LogP contribution < -0.4 is 25.3 Å². The summed E-state index contributed by atoms with van der Waals surface area (Å²) in [5, 5.41) is 3.04. The highest BCUT2D eigenvalue weighted by atomic mass is 127. The van der Waals surface area contributed by atoms with Gasteiger partial charge in [0.25, 0.3) is 0 Å². The van der Waals surface area contributed by atoms with E-state index in [1.807, 2.05) is 30.3 Å². The van der Waals surface area contributed by atoms with Gasteiger partial charge in [-0.05, 0) is 24.3 Å². The number of pyridine rings is 1. The molecule has 3 N–H and O–H groups in total. The van der Waals surface area contributed by atoms with Crippen molar-refractivity contribution in [1.29, 1.82) is 0 Å². The van der Waals surface area contributed by atoms with Crippen molar-refractivity contribution in [3.05, 3.63) is 42.2 Å². The maximum atomic E-state index is 5.93. The van der Waals surface area contributed by atoms with Crippen LogP contribution in [0.15, 0.2) is 41.5 Å². The lowest BCUT2D eigenvalue weighted by molar-refractivity contribution is 0.297. The van der Waals surface area contributed by atoms with E-state index in [9.17, 15) is 0 Å². The fourth-order valence-corrected chi connectivity index (χ4v) is 2.22. The Bertz CT molecular complexity index is 722. The van der Waals surface area contributed by atoms with Crippen LogP contribution in [-0.2, 0) is 6.54 Å². The third-order valence-electron chi connectivity index (χ3n) is 3.46. The molecule has 2 aromatic rings. The van der Waals surface area contributed by atoms with Crippen LogP contribution >= 0.6 is 24.0 Å². The number of guanidine groups is 1. The van der Waals surface area contributed by atoms with E-state index in [4.69, 9.17) is 19.9 Å². The van der Waals surface area contributed by atoms with Crippen LogP contribution in [0.4, 0.5) is 5.69 Å². The second-order valence-electron chi connectivity index (χ2n) is 5.23. The first-order valence-electron chi connectivity index (χ1n) is 7.70. The fraction of sp³-hybridized carbons (Fsp3) is 0.294. The first-order chi connectivity index (χ1) is 11.7. The largest absolute Gasteiger partial charge is 0.495 e. The summed E-state index contributed by atoms with van der Waals surface area (Å²) < 4.78 is 16.3. The van der Waals surface area contributed by atoms with Crippen LogP contribution in [0.2, 0.25) is 0 Å². The van der Waals surface area contributed by atoms with E-state index in [0.717, 1.165) is 23.6 Å². The summed E-state index contributed by atoms with van der Waals surface area (Å²) in [6, 6.07) is 9.28. The summed E-state index contributed by atoms with van der Waals surface area (Å²) in [5.41, 5.74) is 7.53. The maximum absolute atomic E-state index is 5.93. The maximum Gasteiger partial charge on any atom is 0.193 e. The monoisotopic (exact) mass is 456 g/mol. The Morgan fingerprint density at radius 1 is 1.24 bits per heavy atom. The molecule has 2 heterocycles. The minimum absolute atomic E-state index is 0. The molecule has 1 aromatic heterocycles. The molecule has 0 bridgehead atoms. The normalized spacial score (nSPS) is 13.4. The number of hydrogen-bond acceptors (Lipinski definition) is 5. The van der Waals surface area contributed by atoms with Gasteiger partial charge in [0.1, 0.15) is 5.75 Å². The molecular weight excluding hydrogens is 435 g/mol. The highest BCUT2D eigenvalue weighted by molar-refractivity contribution is 14.0. The second-order valence-corrected chi connectivity index (χ2v) is 5.23. The highest BCUT2D eigenvalue weighted by Crippen LogP contribution is 2.32. The van der Waals surface area contributed by atoms with Crippen molar-refractivity contribution in [2.45, 2.75) is 13.0 Å². The van der Waals surface area contributed by atoms with Crippen molar-refractivity contribution in [2.24, 2.45) is 10.7 Å². The lowest BCUT2D eigenvalue weighted by Gasteiger charge is -2.10. The number of aromatic nitrogens is 1. The van der Waals surface area contributed by atoms with Gasteiger partial charge in [0.15, 0.2) is 17.5 Å². The Hall–Kier alpha value is -2.23. The second kappa shape index (κ2) is 9.30. The van der Waals surface area contributed by atoms with Crippen molar-refractivity contribution >= 4 is 35.6 Å². The predicted molar refractivity (Wildman–Crippen MR) is 107 cm³/mol. The van der Waals surface area contributed by atoms with Gasteiger partial charge in [-0.2, -0.15) is 0 Å². The number of fused-ring (bicyclic) bond motifs is 1. The highest BCUT2D eigenvalue weighted by Gasteiger charge is 2.10. The summed E-state index contributed by atoms with van der Waals surface area (Å²) in [4.78, 5) is 8.53. The number of ether oxygens (including phenoxy) is 3.